The molecule has 0 saturated carbocycles. The third kappa shape index (κ3) is 2.57. The smallest absolute Gasteiger partial charge is 0.251 e. The van der Waals surface area contributed by atoms with E-state index in [2.05, 4.69) is 15.6 Å². The number of piperidine rings is 3. The molecule has 3 aliphatic rings. The molecule has 1 aromatic carbocycles. The standard InChI is InChI=1S/C14H20N4O/c15-17-12-3-1-11(2-4-12)14(19)16-13-9-18-7-5-10(13)6-8-18/h1-4,10,13,17H,5-9,15H2,(H,16,19). The second kappa shape index (κ2) is 5.19. The molecule has 0 aromatic heterocycles. The predicted molar refractivity (Wildman–Crippen MR) is 74.7 cm³/mol. The number of benzene rings is 1. The summed E-state index contributed by atoms with van der Waals surface area (Å²) in [5, 5.41) is 3.17. The molecule has 5 nitrogen and oxygen atoms in total. The summed E-state index contributed by atoms with van der Waals surface area (Å²) in [6, 6.07) is 7.52. The van der Waals surface area contributed by atoms with Crippen LogP contribution >= 0.6 is 0 Å². The molecule has 5 heteroatoms. The largest absolute Gasteiger partial charge is 0.348 e. The topological polar surface area (TPSA) is 70.4 Å². The monoisotopic (exact) mass is 260 g/mol. The first-order valence-electron chi connectivity index (χ1n) is 6.86. The molecular formula is C14H20N4O. The van der Waals surface area contributed by atoms with Gasteiger partial charge in [-0.3, -0.25) is 10.6 Å². The molecule has 3 aliphatic heterocycles. The fourth-order valence-corrected chi connectivity index (χ4v) is 3.10. The lowest BCUT2D eigenvalue weighted by atomic mass is 9.84. The van der Waals surface area contributed by atoms with Crippen LogP contribution < -0.4 is 16.6 Å². The van der Waals surface area contributed by atoms with Crippen LogP contribution in [0.15, 0.2) is 24.3 Å². The fourth-order valence-electron chi connectivity index (χ4n) is 3.10. The number of carbonyl (C=O) groups excluding carboxylic acids is 1. The molecule has 2 bridgehead atoms. The highest BCUT2D eigenvalue weighted by atomic mass is 16.1. The van der Waals surface area contributed by atoms with Crippen molar-refractivity contribution in [1.29, 1.82) is 0 Å². The Hall–Kier alpha value is -1.59. The summed E-state index contributed by atoms with van der Waals surface area (Å²) in [4.78, 5) is 14.6. The third-order valence-electron chi connectivity index (χ3n) is 4.29. The van der Waals surface area contributed by atoms with Gasteiger partial charge in [0, 0.05) is 23.8 Å². The number of carbonyl (C=O) groups is 1. The van der Waals surface area contributed by atoms with Gasteiger partial charge in [-0.25, -0.2) is 0 Å². The lowest BCUT2D eigenvalue weighted by Gasteiger charge is -2.44. The van der Waals surface area contributed by atoms with Crippen LogP contribution in [0, 0.1) is 5.92 Å². The fraction of sp³-hybridized carbons (Fsp3) is 0.500. The molecule has 1 aromatic rings. The minimum absolute atomic E-state index is 0.0160. The van der Waals surface area contributed by atoms with Gasteiger partial charge in [0.15, 0.2) is 0 Å². The van der Waals surface area contributed by atoms with Crippen LogP contribution in [0.4, 0.5) is 5.69 Å². The SMILES string of the molecule is NNc1ccc(C(=O)NC2CN3CCC2CC3)cc1. The van der Waals surface area contributed by atoms with Gasteiger partial charge >= 0.3 is 0 Å². The van der Waals surface area contributed by atoms with Gasteiger partial charge in [-0.1, -0.05) is 0 Å². The van der Waals surface area contributed by atoms with Crippen molar-refractivity contribution >= 4 is 11.6 Å². The van der Waals surface area contributed by atoms with Crippen LogP contribution in [0.2, 0.25) is 0 Å². The van der Waals surface area contributed by atoms with Gasteiger partial charge in [0.2, 0.25) is 0 Å². The van der Waals surface area contributed by atoms with E-state index >= 15 is 0 Å². The zero-order chi connectivity index (χ0) is 13.2. The lowest BCUT2D eigenvalue weighted by molar-refractivity contribution is 0.0620. The Morgan fingerprint density at radius 2 is 1.89 bits per heavy atom. The van der Waals surface area contributed by atoms with E-state index in [4.69, 9.17) is 5.84 Å². The first-order chi connectivity index (χ1) is 9.26. The Bertz CT molecular complexity index is 451. The van der Waals surface area contributed by atoms with E-state index in [1.807, 2.05) is 12.1 Å². The first kappa shape index (κ1) is 12.4. The van der Waals surface area contributed by atoms with Crippen molar-refractivity contribution in [3.05, 3.63) is 29.8 Å². The number of amides is 1. The molecule has 0 spiro atoms. The van der Waals surface area contributed by atoms with Crippen molar-refractivity contribution in [2.75, 3.05) is 25.1 Å². The minimum atomic E-state index is 0.0160. The number of nitrogen functional groups attached to an aromatic ring is 1. The van der Waals surface area contributed by atoms with Gasteiger partial charge in [-0.15, -0.1) is 0 Å². The molecular weight excluding hydrogens is 240 g/mol. The summed E-state index contributed by atoms with van der Waals surface area (Å²) in [6.07, 6.45) is 2.42. The number of nitrogens with two attached hydrogens (primary N) is 1. The van der Waals surface area contributed by atoms with E-state index in [1.54, 1.807) is 12.1 Å². The Morgan fingerprint density at radius 1 is 1.21 bits per heavy atom. The first-order valence-corrected chi connectivity index (χ1v) is 6.86. The number of hydrogen-bond donors (Lipinski definition) is 3. The second-order valence-electron chi connectivity index (χ2n) is 5.44. The number of hydrazine groups is 1. The average molecular weight is 260 g/mol. The summed E-state index contributed by atoms with van der Waals surface area (Å²) < 4.78 is 0. The van der Waals surface area contributed by atoms with Crippen LogP contribution in [-0.4, -0.2) is 36.5 Å². The normalized spacial score (nSPS) is 29.0. The predicted octanol–water partition coefficient (Wildman–Crippen LogP) is 0.796. The summed E-state index contributed by atoms with van der Waals surface area (Å²) in [5.74, 6) is 5.98. The van der Waals surface area contributed by atoms with E-state index in [1.165, 1.54) is 25.9 Å². The van der Waals surface area contributed by atoms with Crippen molar-refractivity contribution in [2.24, 2.45) is 11.8 Å². The quantitative estimate of drug-likeness (QED) is 0.555. The molecule has 3 fully saturated rings. The van der Waals surface area contributed by atoms with Gasteiger partial charge in [0.1, 0.15) is 0 Å². The van der Waals surface area contributed by atoms with Crippen molar-refractivity contribution in [2.45, 2.75) is 18.9 Å². The van der Waals surface area contributed by atoms with Crippen molar-refractivity contribution in [3.63, 3.8) is 0 Å². The number of hydrogen-bond acceptors (Lipinski definition) is 4. The maximum atomic E-state index is 12.2. The van der Waals surface area contributed by atoms with Gasteiger partial charge in [0.05, 0.1) is 0 Å². The number of anilines is 1. The van der Waals surface area contributed by atoms with Crippen LogP contribution in [0.1, 0.15) is 23.2 Å². The van der Waals surface area contributed by atoms with Gasteiger partial charge in [0.25, 0.3) is 5.91 Å². The summed E-state index contributed by atoms with van der Waals surface area (Å²) in [7, 11) is 0. The molecule has 4 rings (SSSR count). The van der Waals surface area contributed by atoms with Crippen LogP contribution in [0.3, 0.4) is 0 Å². The highest BCUT2D eigenvalue weighted by molar-refractivity contribution is 5.94. The molecule has 3 heterocycles. The second-order valence-corrected chi connectivity index (χ2v) is 5.44. The summed E-state index contributed by atoms with van der Waals surface area (Å²) in [5.41, 5.74) is 4.05. The van der Waals surface area contributed by atoms with Crippen molar-refractivity contribution < 1.29 is 4.79 Å². The zero-order valence-electron chi connectivity index (χ0n) is 10.9. The highest BCUT2D eigenvalue weighted by Crippen LogP contribution is 2.27. The average Bonchev–Trinajstić information content (AvgIpc) is 2.48. The van der Waals surface area contributed by atoms with Crippen LogP contribution in [0.25, 0.3) is 0 Å². The number of nitrogens with zero attached hydrogens (tertiary/aromatic N) is 1. The summed E-state index contributed by atoms with van der Waals surface area (Å²) >= 11 is 0. The zero-order valence-corrected chi connectivity index (χ0v) is 10.9. The number of nitrogens with one attached hydrogen (secondary N) is 2. The highest BCUT2D eigenvalue weighted by Gasteiger charge is 2.34. The number of rotatable bonds is 3. The molecule has 19 heavy (non-hydrogen) atoms. The van der Waals surface area contributed by atoms with E-state index < -0.39 is 0 Å². The molecule has 0 radical (unpaired) electrons. The molecule has 1 atom stereocenters. The van der Waals surface area contributed by atoms with Crippen molar-refractivity contribution in [3.8, 4) is 0 Å². The maximum absolute atomic E-state index is 12.2. The third-order valence-corrected chi connectivity index (χ3v) is 4.29. The minimum Gasteiger partial charge on any atom is -0.348 e. The van der Waals surface area contributed by atoms with Crippen LogP contribution in [-0.2, 0) is 0 Å². The van der Waals surface area contributed by atoms with E-state index in [-0.39, 0.29) is 5.91 Å². The Balaban J connectivity index is 1.64. The van der Waals surface area contributed by atoms with Crippen molar-refractivity contribution in [1.82, 2.24) is 10.2 Å². The molecule has 4 N–H and O–H groups in total. The maximum Gasteiger partial charge on any atom is 0.251 e. The van der Waals surface area contributed by atoms with E-state index in [9.17, 15) is 4.79 Å². The Morgan fingerprint density at radius 3 is 2.42 bits per heavy atom. The number of fused-ring (bicyclic) bond motifs is 3. The Labute approximate surface area is 113 Å². The van der Waals surface area contributed by atoms with Gasteiger partial charge in [-0.2, -0.15) is 0 Å². The van der Waals surface area contributed by atoms with E-state index in [0.717, 1.165) is 12.2 Å². The molecule has 3 saturated heterocycles. The molecule has 102 valence electrons. The molecule has 1 unspecified atom stereocenters. The molecule has 1 amide bonds. The Kier molecular flexibility index (Phi) is 3.40. The van der Waals surface area contributed by atoms with Gasteiger partial charge < -0.3 is 15.6 Å². The van der Waals surface area contributed by atoms with E-state index in [0.29, 0.717) is 17.5 Å². The lowest BCUT2D eigenvalue weighted by Crippen LogP contribution is -2.57. The summed E-state index contributed by atoms with van der Waals surface area (Å²) in [6.45, 7) is 3.38. The molecule has 0 aliphatic carbocycles. The van der Waals surface area contributed by atoms with Crippen LogP contribution in [0.5, 0.6) is 0 Å². The van der Waals surface area contributed by atoms with Gasteiger partial charge in [-0.05, 0) is 56.1 Å².